The molecule has 0 spiro atoms. The zero-order chi connectivity index (χ0) is 16.2. The fraction of sp³-hybridized carbons (Fsp3) is 0.500. The second-order valence-electron chi connectivity index (χ2n) is 3.86. The third-order valence-electron chi connectivity index (χ3n) is 2.44. The molecule has 0 radical (unpaired) electrons. The number of hydrogen-bond acceptors (Lipinski definition) is 7. The van der Waals surface area contributed by atoms with Gasteiger partial charge in [-0.25, -0.2) is 8.42 Å². The van der Waals surface area contributed by atoms with Gasteiger partial charge in [0.1, 0.15) is 4.21 Å². The number of carbonyl (C=O) groups is 1. The molecule has 0 saturated heterocycles. The average Bonchev–Trinajstić information content (AvgIpc) is 2.79. The van der Waals surface area contributed by atoms with Gasteiger partial charge in [0.2, 0.25) is 0 Å². The zero-order valence-corrected chi connectivity index (χ0v) is 13.6. The molecule has 0 N–H and O–H groups in total. The Bertz CT molecular complexity index is 642. The van der Waals surface area contributed by atoms with Crippen LogP contribution in [0.5, 0.6) is 0 Å². The van der Waals surface area contributed by atoms with Gasteiger partial charge in [-0.15, -0.1) is 11.3 Å². The minimum Gasteiger partial charge on any atom is -0.466 e. The van der Waals surface area contributed by atoms with Crippen LogP contribution in [0.2, 0.25) is 4.34 Å². The number of hydrogen-bond donors (Lipinski definition) is 0. The van der Waals surface area contributed by atoms with Crippen LogP contribution in [0.1, 0.15) is 13.3 Å². The van der Waals surface area contributed by atoms with Crippen LogP contribution in [-0.4, -0.2) is 43.8 Å². The van der Waals surface area contributed by atoms with Crippen molar-refractivity contribution in [1.29, 1.82) is 0 Å². The van der Waals surface area contributed by atoms with Crippen molar-refractivity contribution in [3.8, 4) is 0 Å². The summed E-state index contributed by atoms with van der Waals surface area (Å²) in [6.45, 7) is 1.76. The topological polar surface area (TPSA) is 107 Å². The van der Waals surface area contributed by atoms with Crippen LogP contribution in [0.3, 0.4) is 0 Å². The van der Waals surface area contributed by atoms with Crippen LogP contribution in [0.15, 0.2) is 10.3 Å². The summed E-state index contributed by atoms with van der Waals surface area (Å²) in [4.78, 5) is 21.1. The number of nitrogens with zero attached hydrogens (tertiary/aromatic N) is 2. The van der Waals surface area contributed by atoms with Gasteiger partial charge in [0.25, 0.3) is 15.7 Å². The van der Waals surface area contributed by atoms with E-state index in [1.54, 1.807) is 6.92 Å². The van der Waals surface area contributed by atoms with Crippen molar-refractivity contribution in [2.45, 2.75) is 17.6 Å². The minimum absolute atomic E-state index is 0.0928. The molecule has 118 valence electrons. The molecule has 0 aliphatic rings. The molecule has 11 heteroatoms. The summed E-state index contributed by atoms with van der Waals surface area (Å²) in [5.41, 5.74) is -0.459. The second kappa shape index (κ2) is 7.16. The van der Waals surface area contributed by atoms with Crippen molar-refractivity contribution in [3.05, 3.63) is 20.5 Å². The maximum atomic E-state index is 12.2. The number of esters is 1. The number of halogens is 1. The SMILES string of the molecule is CCOC(=O)CCN(C)S(=O)(=O)c1cc([N+](=O)[O-])c(Cl)s1. The Morgan fingerprint density at radius 1 is 1.57 bits per heavy atom. The molecular formula is C10H13ClN2O6S2. The van der Waals surface area contributed by atoms with Crippen LogP contribution < -0.4 is 0 Å². The Kier molecular flexibility index (Phi) is 6.08. The van der Waals surface area contributed by atoms with E-state index in [9.17, 15) is 23.3 Å². The van der Waals surface area contributed by atoms with Crippen LogP contribution >= 0.6 is 22.9 Å². The molecule has 0 aromatic carbocycles. The van der Waals surface area contributed by atoms with Gasteiger partial charge >= 0.3 is 5.97 Å². The van der Waals surface area contributed by atoms with E-state index in [1.165, 1.54) is 7.05 Å². The van der Waals surface area contributed by atoms with Gasteiger partial charge in [0, 0.05) is 19.7 Å². The lowest BCUT2D eigenvalue weighted by atomic mass is 10.4. The van der Waals surface area contributed by atoms with Crippen LogP contribution in [0.4, 0.5) is 5.69 Å². The van der Waals surface area contributed by atoms with E-state index in [1.807, 2.05) is 0 Å². The Morgan fingerprint density at radius 2 is 2.19 bits per heavy atom. The van der Waals surface area contributed by atoms with Gasteiger partial charge in [-0.05, 0) is 6.92 Å². The first kappa shape index (κ1) is 17.8. The molecule has 0 bridgehead atoms. The lowest BCUT2D eigenvalue weighted by Gasteiger charge is -2.15. The standard InChI is InChI=1S/C10H13ClN2O6S2/c1-3-19-8(14)4-5-12(2)21(17,18)9-6-7(13(15)16)10(11)20-9/h6H,3-5H2,1-2H3. The van der Waals surface area contributed by atoms with E-state index in [4.69, 9.17) is 16.3 Å². The summed E-state index contributed by atoms with van der Waals surface area (Å²) in [5, 5.41) is 10.7. The fourth-order valence-electron chi connectivity index (χ4n) is 1.35. The summed E-state index contributed by atoms with van der Waals surface area (Å²) < 4.78 is 29.6. The molecular weight excluding hydrogens is 344 g/mol. The Balaban J connectivity index is 2.87. The fourth-order valence-corrected chi connectivity index (χ4v) is 4.39. The van der Waals surface area contributed by atoms with E-state index in [-0.39, 0.29) is 28.1 Å². The quantitative estimate of drug-likeness (QED) is 0.419. The molecule has 0 atom stereocenters. The Hall–Kier alpha value is -1.23. The maximum absolute atomic E-state index is 12.2. The average molecular weight is 357 g/mol. The van der Waals surface area contributed by atoms with Crippen molar-refractivity contribution >= 4 is 44.6 Å². The number of rotatable bonds is 7. The highest BCUT2D eigenvalue weighted by Gasteiger charge is 2.28. The van der Waals surface area contributed by atoms with Crippen LogP contribution in [0, 0.1) is 10.1 Å². The molecule has 0 amide bonds. The molecule has 0 aliphatic heterocycles. The largest absolute Gasteiger partial charge is 0.466 e. The van der Waals surface area contributed by atoms with E-state index in [2.05, 4.69) is 0 Å². The lowest BCUT2D eigenvalue weighted by Crippen LogP contribution is -2.29. The molecule has 0 fully saturated rings. The van der Waals surface area contributed by atoms with Gasteiger partial charge in [-0.1, -0.05) is 11.6 Å². The van der Waals surface area contributed by atoms with Gasteiger partial charge in [-0.3, -0.25) is 14.9 Å². The Labute approximate surface area is 130 Å². The summed E-state index contributed by atoms with van der Waals surface area (Å²) in [6.07, 6.45) is -0.106. The first-order chi connectivity index (χ1) is 9.70. The highest BCUT2D eigenvalue weighted by atomic mass is 35.5. The molecule has 1 rings (SSSR count). The number of carbonyl (C=O) groups excluding carboxylic acids is 1. The van der Waals surface area contributed by atoms with Gasteiger partial charge in [-0.2, -0.15) is 4.31 Å². The number of sulfonamides is 1. The third-order valence-corrected chi connectivity index (χ3v) is 6.09. The predicted molar refractivity (Wildman–Crippen MR) is 77.0 cm³/mol. The molecule has 1 heterocycles. The maximum Gasteiger partial charge on any atom is 0.307 e. The number of thiophene rings is 1. The molecule has 21 heavy (non-hydrogen) atoms. The van der Waals surface area contributed by atoms with E-state index >= 15 is 0 Å². The molecule has 8 nitrogen and oxygen atoms in total. The van der Waals surface area contributed by atoms with Gasteiger partial charge in [0.15, 0.2) is 4.34 Å². The van der Waals surface area contributed by atoms with Crippen molar-refractivity contribution in [2.24, 2.45) is 0 Å². The summed E-state index contributed by atoms with van der Waals surface area (Å²) in [6, 6.07) is 0.906. The number of nitro groups is 1. The first-order valence-corrected chi connectivity index (χ1v) is 8.39. The van der Waals surface area contributed by atoms with E-state index in [0.29, 0.717) is 11.3 Å². The molecule has 0 unspecified atom stereocenters. The first-order valence-electron chi connectivity index (χ1n) is 5.75. The molecule has 1 aromatic rings. The monoisotopic (exact) mass is 356 g/mol. The number of ether oxygens (including phenoxy) is 1. The smallest absolute Gasteiger partial charge is 0.307 e. The highest BCUT2D eigenvalue weighted by molar-refractivity contribution is 7.91. The lowest BCUT2D eigenvalue weighted by molar-refractivity contribution is -0.384. The van der Waals surface area contributed by atoms with E-state index < -0.39 is 26.6 Å². The van der Waals surface area contributed by atoms with Crippen molar-refractivity contribution in [3.63, 3.8) is 0 Å². The molecule has 0 aliphatic carbocycles. The van der Waals surface area contributed by atoms with Crippen LogP contribution in [-0.2, 0) is 19.6 Å². The summed E-state index contributed by atoms with van der Waals surface area (Å²) >= 11 is 6.24. The second-order valence-corrected chi connectivity index (χ2v) is 7.79. The van der Waals surface area contributed by atoms with Gasteiger partial charge < -0.3 is 4.74 Å². The van der Waals surface area contributed by atoms with Crippen molar-refractivity contribution in [2.75, 3.05) is 20.2 Å². The predicted octanol–water partition coefficient (Wildman–Crippen LogP) is 1.88. The van der Waals surface area contributed by atoms with Gasteiger partial charge in [0.05, 0.1) is 18.0 Å². The molecule has 0 saturated carbocycles. The summed E-state index contributed by atoms with van der Waals surface area (Å²) in [7, 11) is -2.66. The van der Waals surface area contributed by atoms with Crippen LogP contribution in [0.25, 0.3) is 0 Å². The normalized spacial score (nSPS) is 11.6. The zero-order valence-electron chi connectivity index (χ0n) is 11.2. The van der Waals surface area contributed by atoms with Crippen molar-refractivity contribution < 1.29 is 22.9 Å². The summed E-state index contributed by atoms with van der Waals surface area (Å²) in [5.74, 6) is -0.519. The van der Waals surface area contributed by atoms with E-state index in [0.717, 1.165) is 10.4 Å². The minimum atomic E-state index is -3.93. The Morgan fingerprint density at radius 3 is 2.67 bits per heavy atom. The highest BCUT2D eigenvalue weighted by Crippen LogP contribution is 2.37. The van der Waals surface area contributed by atoms with Crippen molar-refractivity contribution in [1.82, 2.24) is 4.31 Å². The molecule has 1 aromatic heterocycles. The third kappa shape index (κ3) is 4.37.